The van der Waals surface area contributed by atoms with E-state index in [0.29, 0.717) is 6.42 Å². The second-order valence-electron chi connectivity index (χ2n) is 4.36. The Hall–Kier alpha value is -0.900. The highest BCUT2D eigenvalue weighted by Crippen LogP contribution is 2.19. The Bertz CT molecular complexity index is 315. The van der Waals surface area contributed by atoms with E-state index in [4.69, 9.17) is 4.74 Å². The van der Waals surface area contributed by atoms with Crippen LogP contribution in [0, 0.1) is 0 Å². The molecule has 16 heavy (non-hydrogen) atoms. The van der Waals surface area contributed by atoms with Crippen molar-refractivity contribution in [2.45, 2.75) is 25.6 Å². The summed E-state index contributed by atoms with van der Waals surface area (Å²) in [5, 5.41) is 12.6. The third-order valence-electron chi connectivity index (χ3n) is 2.81. The molecule has 1 heterocycles. The van der Waals surface area contributed by atoms with Crippen molar-refractivity contribution in [1.29, 1.82) is 0 Å². The molecule has 1 aromatic carbocycles. The fourth-order valence-electron chi connectivity index (χ4n) is 1.99. The summed E-state index contributed by atoms with van der Waals surface area (Å²) in [6.07, 6.45) is 0.608. The summed E-state index contributed by atoms with van der Waals surface area (Å²) < 4.78 is 5.67. The van der Waals surface area contributed by atoms with Gasteiger partial charge in [-0.3, -0.25) is 0 Å². The van der Waals surface area contributed by atoms with Gasteiger partial charge in [0.15, 0.2) is 0 Å². The van der Waals surface area contributed by atoms with E-state index in [2.05, 4.69) is 29.6 Å². The lowest BCUT2D eigenvalue weighted by atomic mass is 10.0. The number of morpholine rings is 1. The maximum Gasteiger partial charge on any atom is 0.0949 e. The first-order chi connectivity index (χ1) is 7.75. The number of nitrogens with one attached hydrogen (secondary N) is 1. The molecule has 0 spiro atoms. The SMILES string of the molecule is CC(O)Cc1ccc(C2CNCCO2)cc1. The fraction of sp³-hybridized carbons (Fsp3) is 0.538. The number of aliphatic hydroxyl groups excluding tert-OH is 1. The average Bonchev–Trinajstić information content (AvgIpc) is 2.30. The molecule has 1 aliphatic heterocycles. The molecule has 3 nitrogen and oxygen atoms in total. The summed E-state index contributed by atoms with van der Waals surface area (Å²) in [4.78, 5) is 0. The largest absolute Gasteiger partial charge is 0.393 e. The van der Waals surface area contributed by atoms with Crippen LogP contribution in [0.5, 0.6) is 0 Å². The Kier molecular flexibility index (Phi) is 3.93. The molecule has 0 saturated carbocycles. The van der Waals surface area contributed by atoms with Crippen LogP contribution in [0.3, 0.4) is 0 Å². The van der Waals surface area contributed by atoms with Crippen molar-refractivity contribution in [3.63, 3.8) is 0 Å². The van der Waals surface area contributed by atoms with Gasteiger partial charge in [-0.15, -0.1) is 0 Å². The summed E-state index contributed by atoms with van der Waals surface area (Å²) in [7, 11) is 0. The van der Waals surface area contributed by atoms with Gasteiger partial charge in [0.25, 0.3) is 0 Å². The zero-order valence-corrected chi connectivity index (χ0v) is 9.65. The highest BCUT2D eigenvalue weighted by Gasteiger charge is 2.15. The number of hydrogen-bond acceptors (Lipinski definition) is 3. The van der Waals surface area contributed by atoms with Gasteiger partial charge in [-0.25, -0.2) is 0 Å². The summed E-state index contributed by atoms with van der Waals surface area (Å²) in [6, 6.07) is 8.32. The smallest absolute Gasteiger partial charge is 0.0949 e. The van der Waals surface area contributed by atoms with Crippen LogP contribution in [-0.2, 0) is 11.2 Å². The first-order valence-electron chi connectivity index (χ1n) is 5.85. The van der Waals surface area contributed by atoms with Gasteiger partial charge in [-0.2, -0.15) is 0 Å². The molecule has 0 amide bonds. The minimum atomic E-state index is -0.279. The van der Waals surface area contributed by atoms with Crippen molar-refractivity contribution < 1.29 is 9.84 Å². The molecule has 2 unspecified atom stereocenters. The normalized spacial score (nSPS) is 23.0. The standard InChI is InChI=1S/C13H19NO2/c1-10(15)8-11-2-4-12(5-3-11)13-9-14-6-7-16-13/h2-5,10,13-15H,6-9H2,1H3. The summed E-state index contributed by atoms with van der Waals surface area (Å²) in [6.45, 7) is 4.41. The molecule has 2 N–H and O–H groups in total. The van der Waals surface area contributed by atoms with Crippen LogP contribution in [0.25, 0.3) is 0 Å². The van der Waals surface area contributed by atoms with Crippen molar-refractivity contribution >= 4 is 0 Å². The quantitative estimate of drug-likeness (QED) is 0.807. The minimum Gasteiger partial charge on any atom is -0.393 e. The predicted molar refractivity (Wildman–Crippen MR) is 63.4 cm³/mol. The minimum absolute atomic E-state index is 0.175. The molecule has 1 fully saturated rings. The van der Waals surface area contributed by atoms with Crippen molar-refractivity contribution in [3.8, 4) is 0 Å². The third kappa shape index (κ3) is 3.04. The van der Waals surface area contributed by atoms with E-state index in [-0.39, 0.29) is 12.2 Å². The molecule has 1 aliphatic rings. The van der Waals surface area contributed by atoms with Crippen LogP contribution in [-0.4, -0.2) is 30.9 Å². The molecule has 0 aromatic heterocycles. The first-order valence-corrected chi connectivity index (χ1v) is 5.85. The van der Waals surface area contributed by atoms with Crippen LogP contribution in [0.15, 0.2) is 24.3 Å². The van der Waals surface area contributed by atoms with Crippen molar-refractivity contribution in [2.75, 3.05) is 19.7 Å². The van der Waals surface area contributed by atoms with Crippen LogP contribution in [0.1, 0.15) is 24.2 Å². The van der Waals surface area contributed by atoms with Gasteiger partial charge in [0.05, 0.1) is 18.8 Å². The van der Waals surface area contributed by atoms with Gasteiger partial charge in [0.2, 0.25) is 0 Å². The molecule has 1 aromatic rings. The lowest BCUT2D eigenvalue weighted by Crippen LogP contribution is -2.33. The first kappa shape index (κ1) is 11.6. The topological polar surface area (TPSA) is 41.5 Å². The van der Waals surface area contributed by atoms with Crippen LogP contribution in [0.2, 0.25) is 0 Å². The van der Waals surface area contributed by atoms with Gasteiger partial charge in [0, 0.05) is 13.1 Å². The molecule has 0 radical (unpaired) electrons. The summed E-state index contributed by atoms with van der Waals surface area (Å²) >= 11 is 0. The highest BCUT2D eigenvalue weighted by atomic mass is 16.5. The van der Waals surface area contributed by atoms with Crippen molar-refractivity contribution in [1.82, 2.24) is 5.32 Å². The van der Waals surface area contributed by atoms with E-state index in [1.165, 1.54) is 11.1 Å². The number of rotatable bonds is 3. The number of ether oxygens (including phenoxy) is 1. The lowest BCUT2D eigenvalue weighted by Gasteiger charge is -2.24. The number of aliphatic hydroxyl groups is 1. The molecule has 2 rings (SSSR count). The monoisotopic (exact) mass is 221 g/mol. The molecule has 88 valence electrons. The summed E-state index contributed by atoms with van der Waals surface area (Å²) in [5.74, 6) is 0. The lowest BCUT2D eigenvalue weighted by molar-refractivity contribution is 0.0277. The molecule has 0 aliphatic carbocycles. The second-order valence-corrected chi connectivity index (χ2v) is 4.36. The maximum absolute atomic E-state index is 9.29. The van der Waals surface area contributed by atoms with E-state index >= 15 is 0 Å². The molecule has 2 atom stereocenters. The van der Waals surface area contributed by atoms with Crippen LogP contribution >= 0.6 is 0 Å². The Balaban J connectivity index is 2.00. The zero-order chi connectivity index (χ0) is 11.4. The molecule has 1 saturated heterocycles. The highest BCUT2D eigenvalue weighted by molar-refractivity contribution is 5.25. The van der Waals surface area contributed by atoms with E-state index in [1.807, 2.05) is 6.92 Å². The molecular formula is C13H19NO2. The van der Waals surface area contributed by atoms with Gasteiger partial charge in [-0.05, 0) is 24.5 Å². The predicted octanol–water partition coefficient (Wildman–Crippen LogP) is 1.27. The van der Waals surface area contributed by atoms with E-state index in [9.17, 15) is 5.11 Å². The Morgan fingerprint density at radius 3 is 2.75 bits per heavy atom. The second kappa shape index (κ2) is 5.43. The number of benzene rings is 1. The molecule has 3 heteroatoms. The van der Waals surface area contributed by atoms with Gasteiger partial charge >= 0.3 is 0 Å². The Labute approximate surface area is 96.4 Å². The Morgan fingerprint density at radius 1 is 1.44 bits per heavy atom. The van der Waals surface area contributed by atoms with Gasteiger partial charge < -0.3 is 15.2 Å². The molecule has 0 bridgehead atoms. The third-order valence-corrected chi connectivity index (χ3v) is 2.81. The van der Waals surface area contributed by atoms with E-state index in [0.717, 1.165) is 19.7 Å². The average molecular weight is 221 g/mol. The van der Waals surface area contributed by atoms with Crippen molar-refractivity contribution in [2.24, 2.45) is 0 Å². The zero-order valence-electron chi connectivity index (χ0n) is 9.65. The van der Waals surface area contributed by atoms with Crippen LogP contribution < -0.4 is 5.32 Å². The Morgan fingerprint density at radius 2 is 2.19 bits per heavy atom. The van der Waals surface area contributed by atoms with Gasteiger partial charge in [0.1, 0.15) is 0 Å². The maximum atomic E-state index is 9.29. The fourth-order valence-corrected chi connectivity index (χ4v) is 1.99. The molecular weight excluding hydrogens is 202 g/mol. The van der Waals surface area contributed by atoms with E-state index < -0.39 is 0 Å². The van der Waals surface area contributed by atoms with Gasteiger partial charge in [-0.1, -0.05) is 24.3 Å². The van der Waals surface area contributed by atoms with Crippen LogP contribution in [0.4, 0.5) is 0 Å². The number of hydrogen-bond donors (Lipinski definition) is 2. The van der Waals surface area contributed by atoms with E-state index in [1.54, 1.807) is 0 Å². The van der Waals surface area contributed by atoms with Crippen molar-refractivity contribution in [3.05, 3.63) is 35.4 Å². The summed E-state index contributed by atoms with van der Waals surface area (Å²) in [5.41, 5.74) is 2.38.